The second-order valence-electron chi connectivity index (χ2n) is 15.8. The Hall–Kier alpha value is -2.20. The lowest BCUT2D eigenvalue weighted by Crippen LogP contribution is -2.02. The molecule has 0 amide bonds. The molecular weight excluding hydrogens is 669 g/mol. The minimum absolute atomic E-state index is 0.150. The summed E-state index contributed by atoms with van der Waals surface area (Å²) in [7, 11) is 0. The molecule has 53 heavy (non-hydrogen) atoms. The fraction of sp³-hybridized carbons (Fsp3) is 0.694. The highest BCUT2D eigenvalue weighted by Gasteiger charge is 2.30. The van der Waals surface area contributed by atoms with Crippen LogP contribution in [0.1, 0.15) is 228 Å². The number of hydrogen-bond acceptors (Lipinski definition) is 4. The maximum absolute atomic E-state index is 13.8. The smallest absolute Gasteiger partial charge is 0.200 e. The summed E-state index contributed by atoms with van der Waals surface area (Å²) in [6, 6.07) is 12.6. The lowest BCUT2D eigenvalue weighted by atomic mass is 9.88. The fourth-order valence-electron chi connectivity index (χ4n) is 7.73. The molecule has 2 aromatic carbocycles. The molecule has 1 aliphatic heterocycles. The maximum atomic E-state index is 13.8. The van der Waals surface area contributed by atoms with E-state index in [1.54, 1.807) is 11.8 Å². The average Bonchev–Trinajstić information content (AvgIpc) is 3.48. The van der Waals surface area contributed by atoms with E-state index in [4.69, 9.17) is 9.47 Å². The Balaban J connectivity index is 1.51. The predicted octanol–water partition coefficient (Wildman–Crippen LogP) is 16.5. The van der Waals surface area contributed by atoms with Gasteiger partial charge in [0.2, 0.25) is 5.78 Å². The Morgan fingerprint density at radius 2 is 1.02 bits per heavy atom. The van der Waals surface area contributed by atoms with Gasteiger partial charge in [-0.15, -0.1) is 0 Å². The summed E-state index contributed by atoms with van der Waals surface area (Å²) >= 11 is 1.68. The molecule has 298 valence electrons. The number of Topliss-reactive ketones (excluding diaryl/α,β-unsaturated/α-hetero) is 1. The third-order valence-corrected chi connectivity index (χ3v) is 12.1. The molecule has 0 saturated carbocycles. The Kier molecular flexibility index (Phi) is 24.8. The fourth-order valence-corrected chi connectivity index (χ4v) is 8.97. The molecule has 1 aliphatic rings. The molecule has 0 spiro atoms. The van der Waals surface area contributed by atoms with Gasteiger partial charge in [0.15, 0.2) is 0 Å². The van der Waals surface area contributed by atoms with Crippen molar-refractivity contribution in [3.05, 3.63) is 58.0 Å². The van der Waals surface area contributed by atoms with E-state index in [-0.39, 0.29) is 5.78 Å². The number of fused-ring (bicyclic) bond motifs is 1. The molecule has 0 fully saturated rings. The first-order chi connectivity index (χ1) is 26.1. The lowest BCUT2D eigenvalue weighted by molar-refractivity contribution is 0.104. The first-order valence-electron chi connectivity index (χ1n) is 22.6. The Morgan fingerprint density at radius 3 is 1.51 bits per heavy atom. The number of carbonyl (C=O) groups is 1. The third-order valence-electron chi connectivity index (χ3n) is 10.9. The molecule has 0 aliphatic carbocycles. The Morgan fingerprint density at radius 1 is 0.547 bits per heavy atom. The number of hydrogen-bond donors (Lipinski definition) is 0. The summed E-state index contributed by atoms with van der Waals surface area (Å²) < 4.78 is 12.4. The van der Waals surface area contributed by atoms with Crippen molar-refractivity contribution in [2.45, 2.75) is 212 Å². The molecule has 0 aromatic heterocycles. The van der Waals surface area contributed by atoms with Gasteiger partial charge < -0.3 is 9.47 Å². The molecule has 3 nitrogen and oxygen atoms in total. The van der Waals surface area contributed by atoms with Gasteiger partial charge in [-0.1, -0.05) is 199 Å². The first-order valence-corrected chi connectivity index (χ1v) is 23.4. The number of ether oxygens (including phenoxy) is 2. The Bertz CT molecular complexity index is 1250. The molecule has 1 heterocycles. The van der Waals surface area contributed by atoms with E-state index in [0.717, 1.165) is 40.4 Å². The van der Waals surface area contributed by atoms with Gasteiger partial charge in [-0.25, -0.2) is 0 Å². The van der Waals surface area contributed by atoms with Crippen molar-refractivity contribution in [1.82, 2.24) is 0 Å². The van der Waals surface area contributed by atoms with Crippen molar-refractivity contribution in [3.63, 3.8) is 0 Å². The minimum atomic E-state index is 0.150. The summed E-state index contributed by atoms with van der Waals surface area (Å²) in [4.78, 5) is 15.8. The molecule has 3 rings (SSSR count). The molecule has 2 aromatic rings. The molecule has 4 heteroatoms. The van der Waals surface area contributed by atoms with Crippen LogP contribution in [0.5, 0.6) is 11.5 Å². The van der Waals surface area contributed by atoms with E-state index in [2.05, 4.69) is 58.0 Å². The van der Waals surface area contributed by atoms with Crippen LogP contribution in [0, 0.1) is 0 Å². The number of rotatable bonds is 33. The van der Waals surface area contributed by atoms with Crippen LogP contribution in [0.3, 0.4) is 0 Å². The van der Waals surface area contributed by atoms with Crippen LogP contribution < -0.4 is 9.47 Å². The van der Waals surface area contributed by atoms with Crippen LogP contribution in [-0.2, 0) is 0 Å². The van der Waals surface area contributed by atoms with E-state index in [0.29, 0.717) is 19.1 Å². The normalized spacial score (nSPS) is 13.9. The van der Waals surface area contributed by atoms with E-state index < -0.39 is 0 Å². The van der Waals surface area contributed by atoms with Crippen LogP contribution in [0.15, 0.2) is 46.2 Å². The second kappa shape index (κ2) is 29.1. The SMILES string of the molecule is CCCCCCCCCCCCCCCCCCC(CCC)c1cccc2c1SC(=Cc1cc(OCCCCCC)cc(OCCCCCC)c1)C2=O. The van der Waals surface area contributed by atoms with Crippen molar-refractivity contribution < 1.29 is 14.3 Å². The van der Waals surface area contributed by atoms with Crippen molar-refractivity contribution in [1.29, 1.82) is 0 Å². The van der Waals surface area contributed by atoms with Gasteiger partial charge in [-0.05, 0) is 67.0 Å². The largest absolute Gasteiger partial charge is 0.493 e. The van der Waals surface area contributed by atoms with Crippen LogP contribution >= 0.6 is 11.8 Å². The molecule has 0 radical (unpaired) electrons. The van der Waals surface area contributed by atoms with Crippen LogP contribution in [0.2, 0.25) is 0 Å². The number of ketones is 1. The van der Waals surface area contributed by atoms with E-state index in [9.17, 15) is 4.79 Å². The standard InChI is InChI=1S/C49H78O3S/c1-5-9-12-15-16-17-18-19-20-21-22-23-24-25-26-27-32-42(31-8-4)45-33-30-34-46-48(50)47(53-49(45)46)39-41-37-43(51-35-28-13-10-6-2)40-44(38-41)52-36-29-14-11-7-3/h30,33-34,37-40,42H,5-29,31-32,35-36H2,1-4H3. The lowest BCUT2D eigenvalue weighted by Gasteiger charge is -2.19. The average molecular weight is 747 g/mol. The van der Waals surface area contributed by atoms with Crippen molar-refractivity contribution in [2.24, 2.45) is 0 Å². The van der Waals surface area contributed by atoms with Crippen LogP contribution in [-0.4, -0.2) is 19.0 Å². The molecule has 1 unspecified atom stereocenters. The van der Waals surface area contributed by atoms with E-state index >= 15 is 0 Å². The van der Waals surface area contributed by atoms with Gasteiger partial charge in [-0.3, -0.25) is 4.79 Å². The van der Waals surface area contributed by atoms with Gasteiger partial charge in [-0.2, -0.15) is 0 Å². The summed E-state index contributed by atoms with van der Waals surface area (Å²) in [5, 5.41) is 0. The number of benzene rings is 2. The summed E-state index contributed by atoms with van der Waals surface area (Å²) in [6.07, 6.45) is 37.4. The monoisotopic (exact) mass is 747 g/mol. The second-order valence-corrected chi connectivity index (χ2v) is 16.8. The van der Waals surface area contributed by atoms with Crippen LogP contribution in [0.25, 0.3) is 6.08 Å². The number of carbonyl (C=O) groups excluding carboxylic acids is 1. The van der Waals surface area contributed by atoms with E-state index in [1.807, 2.05) is 12.1 Å². The quantitative estimate of drug-likeness (QED) is 0.0538. The highest BCUT2D eigenvalue weighted by atomic mass is 32.2. The molecule has 0 N–H and O–H groups in total. The van der Waals surface area contributed by atoms with Crippen molar-refractivity contribution in [2.75, 3.05) is 13.2 Å². The Labute approximate surface area is 331 Å². The topological polar surface area (TPSA) is 35.5 Å². The van der Waals surface area contributed by atoms with Crippen molar-refractivity contribution >= 4 is 23.6 Å². The number of thioether (sulfide) groups is 1. The molecule has 0 saturated heterocycles. The zero-order valence-corrected chi connectivity index (χ0v) is 35.6. The van der Waals surface area contributed by atoms with E-state index in [1.165, 1.54) is 171 Å². The first kappa shape index (κ1) is 45.2. The maximum Gasteiger partial charge on any atom is 0.200 e. The molecule has 1 atom stereocenters. The molecule has 0 bridgehead atoms. The zero-order chi connectivity index (χ0) is 37.8. The number of unbranched alkanes of at least 4 members (excludes halogenated alkanes) is 21. The summed E-state index contributed by atoms with van der Waals surface area (Å²) in [5.74, 6) is 2.32. The van der Waals surface area contributed by atoms with Gasteiger partial charge in [0.1, 0.15) is 11.5 Å². The zero-order valence-electron chi connectivity index (χ0n) is 34.8. The highest BCUT2D eigenvalue weighted by molar-refractivity contribution is 8.05. The summed E-state index contributed by atoms with van der Waals surface area (Å²) in [6.45, 7) is 10.5. The van der Waals surface area contributed by atoms with Crippen LogP contribution in [0.4, 0.5) is 0 Å². The van der Waals surface area contributed by atoms with Gasteiger partial charge >= 0.3 is 0 Å². The van der Waals surface area contributed by atoms with Gasteiger partial charge in [0.25, 0.3) is 0 Å². The van der Waals surface area contributed by atoms with Gasteiger partial charge in [0.05, 0.1) is 18.1 Å². The van der Waals surface area contributed by atoms with Gasteiger partial charge in [0, 0.05) is 16.5 Å². The van der Waals surface area contributed by atoms with Crippen molar-refractivity contribution in [3.8, 4) is 11.5 Å². The minimum Gasteiger partial charge on any atom is -0.493 e. The summed E-state index contributed by atoms with van der Waals surface area (Å²) in [5.41, 5.74) is 3.23. The third kappa shape index (κ3) is 18.3. The number of allylic oxidation sites excluding steroid dienone is 1. The highest BCUT2D eigenvalue weighted by Crippen LogP contribution is 2.46. The predicted molar refractivity (Wildman–Crippen MR) is 232 cm³/mol. The molecular formula is C49H78O3S.